The number of carbonyl (C=O) groups excluding carboxylic acids is 1. The summed E-state index contributed by atoms with van der Waals surface area (Å²) < 4.78 is 26.1. The van der Waals surface area contributed by atoms with E-state index in [1.54, 1.807) is 56.7 Å². The third kappa shape index (κ3) is 3.60. The third-order valence-corrected chi connectivity index (χ3v) is 3.35. The van der Waals surface area contributed by atoms with Gasteiger partial charge < -0.3 is 23.7 Å². The van der Waals surface area contributed by atoms with E-state index in [1.807, 2.05) is 0 Å². The average molecular weight is 328 g/mol. The molecule has 24 heavy (non-hydrogen) atoms. The molecule has 2 aromatic rings. The van der Waals surface area contributed by atoms with Crippen molar-refractivity contribution in [3.8, 4) is 28.7 Å². The van der Waals surface area contributed by atoms with Crippen LogP contribution in [0.4, 0.5) is 0 Å². The second-order valence-corrected chi connectivity index (χ2v) is 4.92. The zero-order chi connectivity index (χ0) is 16.9. The highest BCUT2D eigenvalue weighted by molar-refractivity contribution is 5.89. The van der Waals surface area contributed by atoms with E-state index in [0.29, 0.717) is 28.7 Å². The van der Waals surface area contributed by atoms with Gasteiger partial charge in [0.05, 0.1) is 14.2 Å². The lowest BCUT2D eigenvalue weighted by atomic mass is 10.2. The third-order valence-electron chi connectivity index (χ3n) is 3.35. The summed E-state index contributed by atoms with van der Waals surface area (Å²) in [5.74, 6) is 2.35. The van der Waals surface area contributed by atoms with Crippen molar-refractivity contribution < 1.29 is 28.5 Å². The van der Waals surface area contributed by atoms with E-state index in [2.05, 4.69) is 0 Å². The van der Waals surface area contributed by atoms with E-state index in [9.17, 15) is 4.79 Å². The molecule has 0 bridgehead atoms. The van der Waals surface area contributed by atoms with E-state index in [-0.39, 0.29) is 6.79 Å². The zero-order valence-electron chi connectivity index (χ0n) is 13.3. The summed E-state index contributed by atoms with van der Waals surface area (Å²) in [4.78, 5) is 12.0. The molecule has 0 N–H and O–H groups in total. The molecule has 1 heterocycles. The van der Waals surface area contributed by atoms with Crippen molar-refractivity contribution in [2.75, 3.05) is 21.0 Å². The number of benzene rings is 2. The zero-order valence-corrected chi connectivity index (χ0v) is 13.3. The fourth-order valence-electron chi connectivity index (χ4n) is 2.18. The summed E-state index contributed by atoms with van der Waals surface area (Å²) >= 11 is 0. The summed E-state index contributed by atoms with van der Waals surface area (Å²) in [6.45, 7) is 0.171. The minimum Gasteiger partial charge on any atom is -0.497 e. The first-order chi connectivity index (χ1) is 11.7. The molecule has 0 unspecified atom stereocenters. The standard InChI is InChI=1S/C18H16O6/c1-20-14-7-12(8-15(9-14)21-2)3-6-18(19)24-13-4-5-16-17(10-13)23-11-22-16/h3-10H,11H2,1-2H3/b6-3+. The smallest absolute Gasteiger partial charge is 0.336 e. The fourth-order valence-corrected chi connectivity index (χ4v) is 2.18. The van der Waals surface area contributed by atoms with Crippen molar-refractivity contribution >= 4 is 12.0 Å². The molecule has 0 atom stereocenters. The Bertz CT molecular complexity index is 759. The first-order valence-corrected chi connectivity index (χ1v) is 7.20. The molecule has 0 fully saturated rings. The molecule has 0 saturated carbocycles. The van der Waals surface area contributed by atoms with Crippen molar-refractivity contribution in [2.45, 2.75) is 0 Å². The van der Waals surface area contributed by atoms with Gasteiger partial charge >= 0.3 is 5.97 Å². The molecule has 0 aromatic heterocycles. The van der Waals surface area contributed by atoms with Crippen molar-refractivity contribution in [3.63, 3.8) is 0 Å². The molecule has 124 valence electrons. The van der Waals surface area contributed by atoms with E-state index in [0.717, 1.165) is 5.56 Å². The molecule has 2 aromatic carbocycles. The monoisotopic (exact) mass is 328 g/mol. The van der Waals surface area contributed by atoms with Crippen LogP contribution in [0.25, 0.3) is 6.08 Å². The molecule has 0 radical (unpaired) electrons. The van der Waals surface area contributed by atoms with E-state index >= 15 is 0 Å². The van der Waals surface area contributed by atoms with Gasteiger partial charge in [0, 0.05) is 18.2 Å². The normalized spacial score (nSPS) is 12.2. The minimum absolute atomic E-state index is 0.171. The Morgan fingerprint density at radius 1 is 0.958 bits per heavy atom. The van der Waals surface area contributed by atoms with Gasteiger partial charge in [-0.15, -0.1) is 0 Å². The fraction of sp³-hybridized carbons (Fsp3) is 0.167. The van der Waals surface area contributed by atoms with Crippen molar-refractivity contribution in [1.29, 1.82) is 0 Å². The Balaban J connectivity index is 1.69. The molecule has 0 spiro atoms. The Labute approximate surface area is 139 Å². The number of hydrogen-bond acceptors (Lipinski definition) is 6. The van der Waals surface area contributed by atoms with Crippen molar-refractivity contribution in [3.05, 3.63) is 48.0 Å². The summed E-state index contributed by atoms with van der Waals surface area (Å²) in [5.41, 5.74) is 0.758. The average Bonchev–Trinajstić information content (AvgIpc) is 3.07. The van der Waals surface area contributed by atoms with Crippen LogP contribution in [-0.4, -0.2) is 27.0 Å². The maximum Gasteiger partial charge on any atom is 0.336 e. The minimum atomic E-state index is -0.504. The van der Waals surface area contributed by atoms with Gasteiger partial charge in [0.1, 0.15) is 17.2 Å². The maximum atomic E-state index is 12.0. The topological polar surface area (TPSA) is 63.2 Å². The molecular weight excluding hydrogens is 312 g/mol. The van der Waals surface area contributed by atoms with Gasteiger partial charge in [-0.2, -0.15) is 0 Å². The Morgan fingerprint density at radius 3 is 2.38 bits per heavy atom. The molecule has 1 aliphatic heterocycles. The summed E-state index contributed by atoms with van der Waals surface area (Å²) in [6.07, 6.45) is 2.96. The van der Waals surface area contributed by atoms with E-state index in [1.165, 1.54) is 6.08 Å². The molecule has 1 aliphatic rings. The summed E-state index contributed by atoms with van der Waals surface area (Å²) in [7, 11) is 3.13. The van der Waals surface area contributed by atoms with Gasteiger partial charge in [-0.3, -0.25) is 0 Å². The maximum absolute atomic E-state index is 12.0. The largest absolute Gasteiger partial charge is 0.497 e. The van der Waals surface area contributed by atoms with Gasteiger partial charge in [-0.05, 0) is 35.9 Å². The number of rotatable bonds is 5. The van der Waals surface area contributed by atoms with Crippen LogP contribution >= 0.6 is 0 Å². The lowest BCUT2D eigenvalue weighted by molar-refractivity contribution is -0.128. The van der Waals surface area contributed by atoms with Crippen LogP contribution in [0.2, 0.25) is 0 Å². The first-order valence-electron chi connectivity index (χ1n) is 7.20. The second-order valence-electron chi connectivity index (χ2n) is 4.92. The number of fused-ring (bicyclic) bond motifs is 1. The summed E-state index contributed by atoms with van der Waals surface area (Å²) in [6, 6.07) is 10.3. The number of ether oxygens (including phenoxy) is 5. The van der Waals surface area contributed by atoms with Crippen LogP contribution in [0.3, 0.4) is 0 Å². The highest BCUT2D eigenvalue weighted by Crippen LogP contribution is 2.35. The van der Waals surface area contributed by atoms with Gasteiger partial charge in [-0.25, -0.2) is 4.79 Å². The first kappa shape index (κ1) is 15.7. The van der Waals surface area contributed by atoms with E-state index < -0.39 is 5.97 Å². The van der Waals surface area contributed by atoms with Gasteiger partial charge in [-0.1, -0.05) is 0 Å². The molecule has 0 saturated heterocycles. The van der Waals surface area contributed by atoms with Crippen LogP contribution in [0, 0.1) is 0 Å². The highest BCUT2D eigenvalue weighted by atomic mass is 16.7. The Kier molecular flexibility index (Phi) is 4.56. The Morgan fingerprint density at radius 2 is 1.67 bits per heavy atom. The lowest BCUT2D eigenvalue weighted by Crippen LogP contribution is -2.03. The number of methoxy groups -OCH3 is 2. The van der Waals surface area contributed by atoms with Crippen molar-refractivity contribution in [1.82, 2.24) is 0 Å². The molecule has 0 aliphatic carbocycles. The van der Waals surface area contributed by atoms with Gasteiger partial charge in [0.25, 0.3) is 0 Å². The number of esters is 1. The summed E-state index contributed by atoms with van der Waals surface area (Å²) in [5, 5.41) is 0. The molecule has 6 heteroatoms. The SMILES string of the molecule is COc1cc(/C=C/C(=O)Oc2ccc3c(c2)OCO3)cc(OC)c1. The number of carbonyl (C=O) groups is 1. The highest BCUT2D eigenvalue weighted by Gasteiger charge is 2.14. The molecule has 6 nitrogen and oxygen atoms in total. The van der Waals surface area contributed by atoms with E-state index in [4.69, 9.17) is 23.7 Å². The molecule has 0 amide bonds. The second kappa shape index (κ2) is 6.95. The van der Waals surface area contributed by atoms with Crippen LogP contribution in [0.5, 0.6) is 28.7 Å². The van der Waals surface area contributed by atoms with Crippen LogP contribution in [-0.2, 0) is 4.79 Å². The Hall–Kier alpha value is -3.15. The lowest BCUT2D eigenvalue weighted by Gasteiger charge is -2.06. The predicted molar refractivity (Wildman–Crippen MR) is 86.8 cm³/mol. The predicted octanol–water partition coefficient (Wildman–Crippen LogP) is 3.05. The molecular formula is C18H16O6. The van der Waals surface area contributed by atoms with Crippen LogP contribution in [0.1, 0.15) is 5.56 Å². The molecule has 3 rings (SSSR count). The van der Waals surface area contributed by atoms with Crippen molar-refractivity contribution in [2.24, 2.45) is 0 Å². The van der Waals surface area contributed by atoms with Gasteiger partial charge in [0.2, 0.25) is 6.79 Å². The quantitative estimate of drug-likeness (QED) is 0.477. The van der Waals surface area contributed by atoms with Crippen LogP contribution < -0.4 is 23.7 Å². The van der Waals surface area contributed by atoms with Gasteiger partial charge in [0.15, 0.2) is 11.5 Å². The number of hydrogen-bond donors (Lipinski definition) is 0. The van der Waals surface area contributed by atoms with Crippen LogP contribution in [0.15, 0.2) is 42.5 Å².